The molecule has 0 aliphatic heterocycles. The predicted molar refractivity (Wildman–Crippen MR) is 64.8 cm³/mol. The maximum atomic E-state index is 2.59. The van der Waals surface area contributed by atoms with Gasteiger partial charge in [0.15, 0.2) is 0 Å². The molecule has 0 heterocycles. The first-order valence-corrected chi connectivity index (χ1v) is 6.15. The normalized spacial score (nSPS) is 11.6. The molecule has 0 aromatic heterocycles. The molecule has 2 heteroatoms. The SMILES string of the molecule is CCCCN(CCC)CCN(C)CC. The Balaban J connectivity index is 3.60. The zero-order valence-corrected chi connectivity index (χ0v) is 10.6. The van der Waals surface area contributed by atoms with Crippen molar-refractivity contribution >= 4 is 0 Å². The highest BCUT2D eigenvalue weighted by Gasteiger charge is 2.03. The first-order chi connectivity index (χ1) is 6.74. The molecule has 0 aliphatic rings. The Kier molecular flexibility index (Phi) is 9.42. The second-order valence-electron chi connectivity index (χ2n) is 4.09. The van der Waals surface area contributed by atoms with E-state index in [1.54, 1.807) is 0 Å². The highest BCUT2D eigenvalue weighted by Crippen LogP contribution is 1.97. The van der Waals surface area contributed by atoms with Crippen LogP contribution < -0.4 is 0 Å². The van der Waals surface area contributed by atoms with Gasteiger partial charge in [-0.2, -0.15) is 0 Å². The second-order valence-corrected chi connectivity index (χ2v) is 4.09. The average Bonchev–Trinajstić information content (AvgIpc) is 2.21. The third-order valence-electron chi connectivity index (χ3n) is 2.71. The lowest BCUT2D eigenvalue weighted by Crippen LogP contribution is -2.34. The first kappa shape index (κ1) is 13.9. The Morgan fingerprint density at radius 2 is 1.50 bits per heavy atom. The van der Waals surface area contributed by atoms with Gasteiger partial charge in [-0.25, -0.2) is 0 Å². The molecular weight excluding hydrogens is 172 g/mol. The standard InChI is InChI=1S/C12H28N2/c1-5-8-10-14(9-6-2)12-11-13(4)7-3/h5-12H2,1-4H3. The van der Waals surface area contributed by atoms with Gasteiger partial charge in [0.2, 0.25) is 0 Å². The van der Waals surface area contributed by atoms with E-state index in [9.17, 15) is 0 Å². The molecule has 2 nitrogen and oxygen atoms in total. The van der Waals surface area contributed by atoms with Crippen molar-refractivity contribution in [1.29, 1.82) is 0 Å². The van der Waals surface area contributed by atoms with E-state index in [4.69, 9.17) is 0 Å². The van der Waals surface area contributed by atoms with E-state index >= 15 is 0 Å². The van der Waals surface area contributed by atoms with Crippen molar-refractivity contribution in [2.45, 2.75) is 40.0 Å². The van der Waals surface area contributed by atoms with Gasteiger partial charge in [0.25, 0.3) is 0 Å². The number of unbranched alkanes of at least 4 members (excludes halogenated alkanes) is 1. The molecule has 0 radical (unpaired) electrons. The van der Waals surface area contributed by atoms with Crippen molar-refractivity contribution in [2.75, 3.05) is 39.8 Å². The Morgan fingerprint density at radius 3 is 2.00 bits per heavy atom. The molecule has 86 valence electrons. The monoisotopic (exact) mass is 200 g/mol. The average molecular weight is 200 g/mol. The zero-order chi connectivity index (χ0) is 10.8. The maximum absolute atomic E-state index is 2.59. The minimum Gasteiger partial charge on any atom is -0.305 e. The third kappa shape index (κ3) is 7.34. The van der Waals surface area contributed by atoms with Crippen LogP contribution in [0.5, 0.6) is 0 Å². The van der Waals surface area contributed by atoms with E-state index < -0.39 is 0 Å². The molecule has 0 bridgehead atoms. The number of nitrogens with zero attached hydrogens (tertiary/aromatic N) is 2. The van der Waals surface area contributed by atoms with Crippen molar-refractivity contribution in [3.63, 3.8) is 0 Å². The van der Waals surface area contributed by atoms with Crippen LogP contribution in [0.3, 0.4) is 0 Å². The van der Waals surface area contributed by atoms with Crippen molar-refractivity contribution in [3.05, 3.63) is 0 Å². The van der Waals surface area contributed by atoms with Gasteiger partial charge >= 0.3 is 0 Å². The Bertz CT molecular complexity index is 115. The van der Waals surface area contributed by atoms with Crippen LogP contribution in [0.15, 0.2) is 0 Å². The summed E-state index contributed by atoms with van der Waals surface area (Å²) in [5.74, 6) is 0. The highest BCUT2D eigenvalue weighted by molar-refractivity contribution is 4.59. The zero-order valence-electron chi connectivity index (χ0n) is 10.6. The largest absolute Gasteiger partial charge is 0.305 e. The van der Waals surface area contributed by atoms with Crippen LogP contribution in [0.4, 0.5) is 0 Å². The van der Waals surface area contributed by atoms with E-state index in [0.29, 0.717) is 0 Å². The fraction of sp³-hybridized carbons (Fsp3) is 1.00. The third-order valence-corrected chi connectivity index (χ3v) is 2.71. The summed E-state index contributed by atoms with van der Waals surface area (Å²) < 4.78 is 0. The molecule has 14 heavy (non-hydrogen) atoms. The van der Waals surface area contributed by atoms with Gasteiger partial charge < -0.3 is 9.80 Å². The summed E-state index contributed by atoms with van der Waals surface area (Å²) in [5.41, 5.74) is 0. The summed E-state index contributed by atoms with van der Waals surface area (Å²) in [7, 11) is 2.20. The fourth-order valence-corrected chi connectivity index (χ4v) is 1.50. The van der Waals surface area contributed by atoms with Crippen LogP contribution >= 0.6 is 0 Å². The minimum atomic E-state index is 1.16. The Labute approximate surface area is 90.3 Å². The van der Waals surface area contributed by atoms with Gasteiger partial charge in [0, 0.05) is 13.1 Å². The first-order valence-electron chi connectivity index (χ1n) is 6.15. The van der Waals surface area contributed by atoms with Gasteiger partial charge in [-0.15, -0.1) is 0 Å². The van der Waals surface area contributed by atoms with Gasteiger partial charge in [-0.05, 0) is 39.5 Å². The second kappa shape index (κ2) is 9.47. The van der Waals surface area contributed by atoms with Crippen molar-refractivity contribution in [1.82, 2.24) is 9.80 Å². The van der Waals surface area contributed by atoms with Crippen LogP contribution in [0, 0.1) is 0 Å². The van der Waals surface area contributed by atoms with Crippen LogP contribution in [-0.2, 0) is 0 Å². The van der Waals surface area contributed by atoms with Crippen LogP contribution in [-0.4, -0.2) is 49.6 Å². The van der Waals surface area contributed by atoms with E-state index in [2.05, 4.69) is 37.6 Å². The summed E-state index contributed by atoms with van der Waals surface area (Å²) in [5, 5.41) is 0. The van der Waals surface area contributed by atoms with Gasteiger partial charge in [-0.3, -0.25) is 0 Å². The molecule has 0 atom stereocenters. The number of hydrogen-bond donors (Lipinski definition) is 0. The van der Waals surface area contributed by atoms with Crippen LogP contribution in [0.25, 0.3) is 0 Å². The van der Waals surface area contributed by atoms with Crippen molar-refractivity contribution in [3.8, 4) is 0 Å². The lowest BCUT2D eigenvalue weighted by atomic mass is 10.3. The molecule has 0 saturated heterocycles. The van der Waals surface area contributed by atoms with Crippen molar-refractivity contribution < 1.29 is 0 Å². The highest BCUT2D eigenvalue weighted by atomic mass is 15.2. The summed E-state index contributed by atoms with van der Waals surface area (Å²) in [4.78, 5) is 4.98. The van der Waals surface area contributed by atoms with E-state index in [-0.39, 0.29) is 0 Å². The van der Waals surface area contributed by atoms with E-state index in [1.165, 1.54) is 45.4 Å². The Morgan fingerprint density at radius 1 is 0.786 bits per heavy atom. The minimum absolute atomic E-state index is 1.16. The van der Waals surface area contributed by atoms with Crippen molar-refractivity contribution in [2.24, 2.45) is 0 Å². The molecule has 0 N–H and O–H groups in total. The topological polar surface area (TPSA) is 6.48 Å². The number of hydrogen-bond acceptors (Lipinski definition) is 2. The quantitative estimate of drug-likeness (QED) is 0.564. The maximum Gasteiger partial charge on any atom is 0.0109 e. The van der Waals surface area contributed by atoms with Crippen LogP contribution in [0.2, 0.25) is 0 Å². The lowest BCUT2D eigenvalue weighted by Gasteiger charge is -2.24. The van der Waals surface area contributed by atoms with Gasteiger partial charge in [0.1, 0.15) is 0 Å². The molecule has 0 rings (SSSR count). The predicted octanol–water partition coefficient (Wildman–Crippen LogP) is 2.45. The molecule has 0 unspecified atom stereocenters. The lowest BCUT2D eigenvalue weighted by molar-refractivity contribution is 0.227. The van der Waals surface area contributed by atoms with E-state index in [1.807, 2.05) is 0 Å². The summed E-state index contributed by atoms with van der Waals surface area (Å²) in [6.07, 6.45) is 3.93. The van der Waals surface area contributed by atoms with E-state index in [0.717, 1.165) is 6.54 Å². The summed E-state index contributed by atoms with van der Waals surface area (Å²) >= 11 is 0. The van der Waals surface area contributed by atoms with Gasteiger partial charge in [0.05, 0.1) is 0 Å². The van der Waals surface area contributed by atoms with Crippen LogP contribution in [0.1, 0.15) is 40.0 Å². The van der Waals surface area contributed by atoms with Gasteiger partial charge in [-0.1, -0.05) is 27.2 Å². The smallest absolute Gasteiger partial charge is 0.0109 e. The number of rotatable bonds is 9. The molecular formula is C12H28N2. The molecule has 0 aromatic carbocycles. The summed E-state index contributed by atoms with van der Waals surface area (Å²) in [6.45, 7) is 12.9. The Hall–Kier alpha value is -0.0800. The molecule has 0 spiro atoms. The molecule has 0 aliphatic carbocycles. The molecule has 0 amide bonds. The fourth-order valence-electron chi connectivity index (χ4n) is 1.50. The molecule has 0 aromatic rings. The molecule has 0 saturated carbocycles. The summed E-state index contributed by atoms with van der Waals surface area (Å²) in [6, 6.07) is 0. The molecule has 0 fully saturated rings. The number of likely N-dealkylation sites (N-methyl/N-ethyl adjacent to an activating group) is 1.